The monoisotopic (exact) mass is 396 g/mol. The maximum atomic E-state index is 12.8. The Bertz CT molecular complexity index is 819. The van der Waals surface area contributed by atoms with Crippen LogP contribution in [0, 0.1) is 0 Å². The Kier molecular flexibility index (Phi) is 8.71. The van der Waals surface area contributed by atoms with E-state index >= 15 is 0 Å². The Balaban J connectivity index is 2.10. The van der Waals surface area contributed by atoms with Gasteiger partial charge in [0.15, 0.2) is 6.10 Å². The van der Waals surface area contributed by atoms with E-state index < -0.39 is 6.10 Å². The Morgan fingerprint density at radius 3 is 2.45 bits per heavy atom. The van der Waals surface area contributed by atoms with Crippen molar-refractivity contribution in [3.05, 3.63) is 59.7 Å². The Morgan fingerprint density at radius 2 is 1.76 bits per heavy atom. The molecule has 2 aromatic carbocycles. The lowest BCUT2D eigenvalue weighted by atomic mass is 9.98. The highest BCUT2D eigenvalue weighted by molar-refractivity contribution is 5.98. The van der Waals surface area contributed by atoms with Crippen LogP contribution in [0.4, 0.5) is 5.69 Å². The fourth-order valence-corrected chi connectivity index (χ4v) is 2.99. The first-order chi connectivity index (χ1) is 14.0. The molecule has 2 rings (SSSR count). The molecule has 0 aliphatic carbocycles. The maximum absolute atomic E-state index is 12.8. The second kappa shape index (κ2) is 11.2. The molecule has 2 N–H and O–H groups in total. The van der Waals surface area contributed by atoms with Crippen molar-refractivity contribution in [3.63, 3.8) is 0 Å². The summed E-state index contributed by atoms with van der Waals surface area (Å²) in [5.41, 5.74) is 2.21. The number of ether oxygens (including phenoxy) is 1. The lowest BCUT2D eigenvalue weighted by Gasteiger charge is -2.21. The number of hydrogen-bond acceptors (Lipinski definition) is 3. The van der Waals surface area contributed by atoms with Crippen molar-refractivity contribution >= 4 is 17.5 Å². The van der Waals surface area contributed by atoms with Crippen molar-refractivity contribution in [2.75, 3.05) is 11.9 Å². The molecule has 0 heterocycles. The largest absolute Gasteiger partial charge is 0.480 e. The predicted octanol–water partition coefficient (Wildman–Crippen LogP) is 5.14. The van der Waals surface area contributed by atoms with Crippen molar-refractivity contribution in [3.8, 4) is 5.75 Å². The molecule has 2 atom stereocenters. The van der Waals surface area contributed by atoms with Crippen LogP contribution in [-0.4, -0.2) is 24.5 Å². The van der Waals surface area contributed by atoms with Gasteiger partial charge in [-0.15, -0.1) is 0 Å². The van der Waals surface area contributed by atoms with Crippen molar-refractivity contribution in [1.82, 2.24) is 5.32 Å². The molecule has 0 bridgehead atoms. The molecule has 0 aromatic heterocycles. The van der Waals surface area contributed by atoms with E-state index in [0.717, 1.165) is 24.2 Å². The molecule has 0 fully saturated rings. The van der Waals surface area contributed by atoms with Crippen LogP contribution in [0.3, 0.4) is 0 Å². The molecule has 156 valence electrons. The second-order valence-electron chi connectivity index (χ2n) is 7.19. The molecule has 29 heavy (non-hydrogen) atoms. The van der Waals surface area contributed by atoms with Crippen LogP contribution >= 0.6 is 0 Å². The number of amides is 2. The van der Waals surface area contributed by atoms with E-state index in [0.29, 0.717) is 30.1 Å². The Morgan fingerprint density at radius 1 is 1.00 bits per heavy atom. The topological polar surface area (TPSA) is 67.4 Å². The van der Waals surface area contributed by atoms with Crippen LogP contribution in [-0.2, 0) is 4.79 Å². The summed E-state index contributed by atoms with van der Waals surface area (Å²) in [5, 5.41) is 5.73. The van der Waals surface area contributed by atoms with Crippen molar-refractivity contribution in [2.24, 2.45) is 0 Å². The van der Waals surface area contributed by atoms with E-state index in [1.54, 1.807) is 24.3 Å². The highest BCUT2D eigenvalue weighted by Crippen LogP contribution is 2.29. The Labute approximate surface area is 173 Å². The third-order valence-corrected chi connectivity index (χ3v) is 4.92. The number of para-hydroxylation sites is 1. The van der Waals surface area contributed by atoms with Crippen molar-refractivity contribution < 1.29 is 14.3 Å². The molecule has 2 unspecified atom stereocenters. The normalized spacial score (nSPS) is 12.7. The standard InChI is InChI=1S/C24H32N2O3/c1-5-15-25-23(27)18-11-10-12-19(16-18)26-24(28)21(7-3)29-22-14-9-8-13-20(22)17(4)6-2/h8-14,16-17,21H,5-7,15H2,1-4H3,(H,25,27)(H,26,28). The van der Waals surface area contributed by atoms with Gasteiger partial charge in [0.2, 0.25) is 0 Å². The first kappa shape index (κ1) is 22.5. The maximum Gasteiger partial charge on any atom is 0.265 e. The third kappa shape index (κ3) is 6.34. The zero-order valence-electron chi connectivity index (χ0n) is 17.8. The number of carbonyl (C=O) groups excluding carboxylic acids is 2. The molecule has 0 saturated carbocycles. The Hall–Kier alpha value is -2.82. The fourth-order valence-electron chi connectivity index (χ4n) is 2.99. The summed E-state index contributed by atoms with van der Waals surface area (Å²) < 4.78 is 6.09. The van der Waals surface area contributed by atoms with E-state index in [-0.39, 0.29) is 11.8 Å². The van der Waals surface area contributed by atoms with Gasteiger partial charge in [0, 0.05) is 17.8 Å². The van der Waals surface area contributed by atoms with Gasteiger partial charge in [0.1, 0.15) is 5.75 Å². The van der Waals surface area contributed by atoms with Crippen LogP contribution < -0.4 is 15.4 Å². The molecule has 5 heteroatoms. The molecule has 0 spiro atoms. The summed E-state index contributed by atoms with van der Waals surface area (Å²) in [5.74, 6) is 0.730. The van der Waals surface area contributed by atoms with Gasteiger partial charge < -0.3 is 15.4 Å². The highest BCUT2D eigenvalue weighted by Gasteiger charge is 2.21. The first-order valence-electron chi connectivity index (χ1n) is 10.4. The summed E-state index contributed by atoms with van der Waals surface area (Å²) in [6, 6.07) is 14.8. The van der Waals surface area contributed by atoms with Crippen molar-refractivity contribution in [2.45, 2.75) is 59.0 Å². The summed E-state index contributed by atoms with van der Waals surface area (Å²) in [6.07, 6.45) is 1.79. The van der Waals surface area contributed by atoms with Gasteiger partial charge in [-0.2, -0.15) is 0 Å². The lowest BCUT2D eigenvalue weighted by Crippen LogP contribution is -2.33. The number of carbonyl (C=O) groups is 2. The van der Waals surface area contributed by atoms with Gasteiger partial charge in [-0.1, -0.05) is 52.0 Å². The van der Waals surface area contributed by atoms with E-state index in [2.05, 4.69) is 24.5 Å². The minimum absolute atomic E-state index is 0.145. The van der Waals surface area contributed by atoms with Crippen LogP contribution in [0.25, 0.3) is 0 Å². The van der Waals surface area contributed by atoms with Gasteiger partial charge in [0.05, 0.1) is 0 Å². The summed E-state index contributed by atoms with van der Waals surface area (Å²) in [4.78, 5) is 25.0. The van der Waals surface area contributed by atoms with E-state index in [4.69, 9.17) is 4.74 Å². The SMILES string of the molecule is CCCNC(=O)c1cccc(NC(=O)C(CC)Oc2ccccc2C(C)CC)c1. The number of anilines is 1. The summed E-state index contributed by atoms with van der Waals surface area (Å²) in [6.45, 7) is 8.83. The quantitative estimate of drug-likeness (QED) is 0.584. The van der Waals surface area contributed by atoms with Crippen LogP contribution in [0.15, 0.2) is 48.5 Å². The lowest BCUT2D eigenvalue weighted by molar-refractivity contribution is -0.122. The minimum atomic E-state index is -0.613. The first-order valence-corrected chi connectivity index (χ1v) is 10.4. The molecule has 0 radical (unpaired) electrons. The zero-order chi connectivity index (χ0) is 21.2. The number of hydrogen-bond donors (Lipinski definition) is 2. The van der Waals surface area contributed by atoms with Crippen LogP contribution in [0.1, 0.15) is 68.8 Å². The number of nitrogens with one attached hydrogen (secondary N) is 2. The highest BCUT2D eigenvalue weighted by atomic mass is 16.5. The molecule has 2 amide bonds. The molecule has 2 aromatic rings. The average Bonchev–Trinajstić information content (AvgIpc) is 2.75. The van der Waals surface area contributed by atoms with Gasteiger partial charge in [-0.05, 0) is 55.0 Å². The van der Waals surface area contributed by atoms with Crippen molar-refractivity contribution in [1.29, 1.82) is 0 Å². The van der Waals surface area contributed by atoms with Crippen LogP contribution in [0.2, 0.25) is 0 Å². The molecule has 0 saturated heterocycles. The summed E-state index contributed by atoms with van der Waals surface area (Å²) >= 11 is 0. The fraction of sp³-hybridized carbons (Fsp3) is 0.417. The number of benzene rings is 2. The molecular formula is C24H32N2O3. The van der Waals surface area contributed by atoms with Gasteiger partial charge in [-0.25, -0.2) is 0 Å². The van der Waals surface area contributed by atoms with E-state index in [1.165, 1.54) is 0 Å². The van der Waals surface area contributed by atoms with Gasteiger partial charge >= 0.3 is 0 Å². The summed E-state index contributed by atoms with van der Waals surface area (Å²) in [7, 11) is 0. The van der Waals surface area contributed by atoms with Gasteiger partial charge in [0.25, 0.3) is 11.8 Å². The minimum Gasteiger partial charge on any atom is -0.480 e. The third-order valence-electron chi connectivity index (χ3n) is 4.92. The smallest absolute Gasteiger partial charge is 0.265 e. The van der Waals surface area contributed by atoms with E-state index in [1.807, 2.05) is 38.1 Å². The zero-order valence-corrected chi connectivity index (χ0v) is 17.8. The molecular weight excluding hydrogens is 364 g/mol. The molecule has 5 nitrogen and oxygen atoms in total. The van der Waals surface area contributed by atoms with E-state index in [9.17, 15) is 9.59 Å². The van der Waals surface area contributed by atoms with Gasteiger partial charge in [-0.3, -0.25) is 9.59 Å². The molecule has 0 aliphatic rings. The average molecular weight is 397 g/mol. The second-order valence-corrected chi connectivity index (χ2v) is 7.19. The molecule has 0 aliphatic heterocycles. The van der Waals surface area contributed by atoms with Crippen LogP contribution in [0.5, 0.6) is 5.75 Å². The number of rotatable bonds is 10. The predicted molar refractivity (Wildman–Crippen MR) is 118 cm³/mol.